The van der Waals surface area contributed by atoms with Crippen molar-refractivity contribution in [3.63, 3.8) is 0 Å². The molecule has 2 heterocycles. The van der Waals surface area contributed by atoms with Crippen molar-refractivity contribution < 1.29 is 14.6 Å². The Kier molecular flexibility index (Phi) is 6.70. The molecule has 0 saturated heterocycles. The maximum absolute atomic E-state index is 11.2. The molecule has 8 nitrogen and oxygen atoms in total. The van der Waals surface area contributed by atoms with Gasteiger partial charge in [-0.25, -0.2) is 0 Å². The molecule has 0 radical (unpaired) electrons. The summed E-state index contributed by atoms with van der Waals surface area (Å²) in [4.78, 5) is 25.7. The number of rotatable bonds is 8. The number of aliphatic hydroxyl groups excluding tert-OH is 1. The van der Waals surface area contributed by atoms with Gasteiger partial charge in [-0.15, -0.1) is 0 Å². The average Bonchev–Trinajstić information content (AvgIpc) is 2.74. The molecule has 8 heteroatoms. The summed E-state index contributed by atoms with van der Waals surface area (Å²) in [5.74, 6) is 1.58. The summed E-state index contributed by atoms with van der Waals surface area (Å²) in [6, 6.07) is 11.2. The van der Waals surface area contributed by atoms with Crippen LogP contribution in [0.3, 0.4) is 0 Å². The van der Waals surface area contributed by atoms with Gasteiger partial charge in [0.05, 0.1) is 24.7 Å². The molecule has 1 amide bonds. The SMILES string of the molecule is CC(=O)N(C)CCNc1cncc(Oc2ccc(-c3ccc(CO)cn3)cc2)n1. The second-order valence-corrected chi connectivity index (χ2v) is 6.45. The fourth-order valence-electron chi connectivity index (χ4n) is 2.49. The van der Waals surface area contributed by atoms with Gasteiger partial charge in [-0.2, -0.15) is 4.98 Å². The van der Waals surface area contributed by atoms with Crippen molar-refractivity contribution in [2.75, 3.05) is 25.5 Å². The zero-order chi connectivity index (χ0) is 20.6. The van der Waals surface area contributed by atoms with Crippen LogP contribution in [0.15, 0.2) is 55.0 Å². The molecule has 0 unspecified atom stereocenters. The quantitative estimate of drug-likeness (QED) is 0.607. The van der Waals surface area contributed by atoms with E-state index in [1.54, 1.807) is 24.3 Å². The van der Waals surface area contributed by atoms with Crippen molar-refractivity contribution in [3.8, 4) is 22.9 Å². The highest BCUT2D eigenvalue weighted by atomic mass is 16.5. The van der Waals surface area contributed by atoms with Crippen LogP contribution in [0.1, 0.15) is 12.5 Å². The van der Waals surface area contributed by atoms with Gasteiger partial charge in [-0.3, -0.25) is 14.8 Å². The van der Waals surface area contributed by atoms with Crippen molar-refractivity contribution in [1.29, 1.82) is 0 Å². The fraction of sp³-hybridized carbons (Fsp3) is 0.238. The van der Waals surface area contributed by atoms with Crippen molar-refractivity contribution in [2.24, 2.45) is 0 Å². The molecule has 0 fully saturated rings. The first-order valence-corrected chi connectivity index (χ1v) is 9.17. The molecule has 29 heavy (non-hydrogen) atoms. The predicted molar refractivity (Wildman–Crippen MR) is 110 cm³/mol. The standard InChI is InChI=1S/C21H23N5O3/c1-15(28)26(2)10-9-23-20-12-22-13-21(25-20)29-18-6-4-17(5-7-18)19-8-3-16(14-27)11-24-19/h3-8,11-13,27H,9-10,14H2,1-2H3,(H,23,25). The molecule has 0 saturated carbocycles. The Bertz CT molecular complexity index is 945. The Hall–Kier alpha value is -3.52. The molecule has 2 N–H and O–H groups in total. The summed E-state index contributed by atoms with van der Waals surface area (Å²) in [5.41, 5.74) is 2.53. The Morgan fingerprint density at radius 1 is 1.14 bits per heavy atom. The third kappa shape index (κ3) is 5.73. The van der Waals surface area contributed by atoms with E-state index in [0.29, 0.717) is 30.5 Å². The third-order valence-corrected chi connectivity index (χ3v) is 4.28. The fourth-order valence-corrected chi connectivity index (χ4v) is 2.49. The second kappa shape index (κ2) is 9.61. The minimum atomic E-state index is -0.0254. The van der Waals surface area contributed by atoms with Gasteiger partial charge in [0, 0.05) is 38.8 Å². The van der Waals surface area contributed by atoms with E-state index in [-0.39, 0.29) is 12.5 Å². The maximum Gasteiger partial charge on any atom is 0.239 e. The molecule has 3 rings (SSSR count). The van der Waals surface area contributed by atoms with Gasteiger partial charge in [-0.05, 0) is 35.9 Å². The van der Waals surface area contributed by atoms with E-state index in [2.05, 4.69) is 20.3 Å². The van der Waals surface area contributed by atoms with E-state index in [4.69, 9.17) is 9.84 Å². The lowest BCUT2D eigenvalue weighted by atomic mass is 10.1. The first-order chi connectivity index (χ1) is 14.0. The lowest BCUT2D eigenvalue weighted by Crippen LogP contribution is -2.29. The summed E-state index contributed by atoms with van der Waals surface area (Å²) in [7, 11) is 1.75. The molecular weight excluding hydrogens is 370 g/mol. The summed E-state index contributed by atoms with van der Waals surface area (Å²) >= 11 is 0. The van der Waals surface area contributed by atoms with E-state index in [1.165, 1.54) is 13.1 Å². The number of anilines is 1. The Morgan fingerprint density at radius 3 is 2.59 bits per heavy atom. The molecule has 3 aromatic rings. The van der Waals surface area contributed by atoms with Crippen LogP contribution in [0.2, 0.25) is 0 Å². The highest BCUT2D eigenvalue weighted by molar-refractivity contribution is 5.72. The number of nitrogens with one attached hydrogen (secondary N) is 1. The maximum atomic E-state index is 11.2. The third-order valence-electron chi connectivity index (χ3n) is 4.28. The first-order valence-electron chi connectivity index (χ1n) is 9.17. The summed E-state index contributed by atoms with van der Waals surface area (Å²) in [6.45, 7) is 2.63. The minimum Gasteiger partial charge on any atom is -0.437 e. The Balaban J connectivity index is 1.60. The number of ether oxygens (including phenoxy) is 1. The highest BCUT2D eigenvalue weighted by Gasteiger charge is 2.05. The van der Waals surface area contributed by atoms with Crippen LogP contribution in [0.5, 0.6) is 11.6 Å². The van der Waals surface area contributed by atoms with Crippen LogP contribution in [0.25, 0.3) is 11.3 Å². The monoisotopic (exact) mass is 393 g/mol. The number of likely N-dealkylation sites (N-methyl/N-ethyl adjacent to an activating group) is 1. The number of pyridine rings is 1. The summed E-state index contributed by atoms with van der Waals surface area (Å²) < 4.78 is 5.78. The van der Waals surface area contributed by atoms with Crippen LogP contribution in [0.4, 0.5) is 5.82 Å². The van der Waals surface area contributed by atoms with Gasteiger partial charge in [-0.1, -0.05) is 6.07 Å². The zero-order valence-electron chi connectivity index (χ0n) is 16.4. The summed E-state index contributed by atoms with van der Waals surface area (Å²) in [6.07, 6.45) is 4.80. The van der Waals surface area contributed by atoms with Crippen LogP contribution in [-0.2, 0) is 11.4 Å². The van der Waals surface area contributed by atoms with Crippen LogP contribution >= 0.6 is 0 Å². The molecule has 0 spiro atoms. The van der Waals surface area contributed by atoms with E-state index < -0.39 is 0 Å². The van der Waals surface area contributed by atoms with Crippen molar-refractivity contribution in [1.82, 2.24) is 19.9 Å². The molecule has 150 valence electrons. The predicted octanol–water partition coefficient (Wildman–Crippen LogP) is 2.71. The number of amides is 1. The van der Waals surface area contributed by atoms with E-state index in [0.717, 1.165) is 16.8 Å². The number of carbonyl (C=O) groups is 1. The number of benzene rings is 1. The number of aliphatic hydroxyl groups is 1. The number of hydrogen-bond donors (Lipinski definition) is 2. The molecule has 2 aromatic heterocycles. The number of nitrogens with zero attached hydrogens (tertiary/aromatic N) is 4. The largest absolute Gasteiger partial charge is 0.437 e. The minimum absolute atomic E-state index is 0.0120. The zero-order valence-corrected chi connectivity index (χ0v) is 16.4. The molecule has 0 aliphatic heterocycles. The van der Waals surface area contributed by atoms with Gasteiger partial charge in [0.15, 0.2) is 0 Å². The first kappa shape index (κ1) is 20.2. The van der Waals surface area contributed by atoms with Crippen LogP contribution in [-0.4, -0.2) is 51.0 Å². The molecule has 0 bridgehead atoms. The highest BCUT2D eigenvalue weighted by Crippen LogP contribution is 2.24. The van der Waals surface area contributed by atoms with Gasteiger partial charge in [0.1, 0.15) is 11.6 Å². The summed E-state index contributed by atoms with van der Waals surface area (Å²) in [5, 5.41) is 12.2. The van der Waals surface area contributed by atoms with E-state index in [9.17, 15) is 4.79 Å². The lowest BCUT2D eigenvalue weighted by Gasteiger charge is -2.15. The van der Waals surface area contributed by atoms with Gasteiger partial charge in [0.25, 0.3) is 0 Å². The second-order valence-electron chi connectivity index (χ2n) is 6.45. The normalized spacial score (nSPS) is 10.4. The smallest absolute Gasteiger partial charge is 0.239 e. The van der Waals surface area contributed by atoms with Crippen molar-refractivity contribution in [2.45, 2.75) is 13.5 Å². The Morgan fingerprint density at radius 2 is 1.93 bits per heavy atom. The van der Waals surface area contributed by atoms with E-state index in [1.807, 2.05) is 36.4 Å². The van der Waals surface area contributed by atoms with Gasteiger partial charge in [0.2, 0.25) is 11.8 Å². The van der Waals surface area contributed by atoms with Gasteiger partial charge >= 0.3 is 0 Å². The number of hydrogen-bond acceptors (Lipinski definition) is 7. The van der Waals surface area contributed by atoms with Crippen molar-refractivity contribution >= 4 is 11.7 Å². The molecule has 0 atom stereocenters. The van der Waals surface area contributed by atoms with Crippen LogP contribution < -0.4 is 10.1 Å². The number of aromatic nitrogens is 3. The lowest BCUT2D eigenvalue weighted by molar-refractivity contribution is -0.127. The average molecular weight is 393 g/mol. The number of carbonyl (C=O) groups excluding carboxylic acids is 1. The molecule has 1 aromatic carbocycles. The van der Waals surface area contributed by atoms with E-state index >= 15 is 0 Å². The Labute approximate surface area is 169 Å². The molecule has 0 aliphatic carbocycles. The van der Waals surface area contributed by atoms with Gasteiger partial charge < -0.3 is 20.1 Å². The topological polar surface area (TPSA) is 100 Å². The van der Waals surface area contributed by atoms with Crippen LogP contribution in [0, 0.1) is 0 Å². The molecular formula is C21H23N5O3. The molecule has 0 aliphatic rings. The van der Waals surface area contributed by atoms with Crippen molar-refractivity contribution in [3.05, 3.63) is 60.6 Å².